The highest BCUT2D eigenvalue weighted by Gasteiger charge is 2.31. The van der Waals surface area contributed by atoms with E-state index in [2.05, 4.69) is 9.97 Å². The van der Waals surface area contributed by atoms with E-state index >= 15 is 0 Å². The van der Waals surface area contributed by atoms with Crippen LogP contribution in [-0.2, 0) is 9.84 Å². The molecule has 0 N–H and O–H groups in total. The van der Waals surface area contributed by atoms with Crippen molar-refractivity contribution < 1.29 is 8.42 Å². The molecule has 1 saturated heterocycles. The summed E-state index contributed by atoms with van der Waals surface area (Å²) in [6, 6.07) is 3.48. The second-order valence-electron chi connectivity index (χ2n) is 4.44. The summed E-state index contributed by atoms with van der Waals surface area (Å²) in [5.74, 6) is 1.48. The Hall–Kier alpha value is -1.68. The maximum Gasteiger partial charge on any atom is 0.152 e. The minimum absolute atomic E-state index is 0.0733. The number of aromatic nitrogens is 2. The number of hydrogen-bond acceptors (Lipinski definition) is 6. The van der Waals surface area contributed by atoms with Gasteiger partial charge in [0.25, 0.3) is 0 Å². The lowest BCUT2D eigenvalue weighted by Crippen LogP contribution is -2.33. The van der Waals surface area contributed by atoms with E-state index < -0.39 is 9.84 Å². The normalized spacial score (nSPS) is 21.5. The molecule has 0 amide bonds. The summed E-state index contributed by atoms with van der Waals surface area (Å²) in [6.45, 7) is 1.71. The second kappa shape index (κ2) is 4.53. The molecule has 2 heterocycles. The van der Waals surface area contributed by atoms with Gasteiger partial charge in [-0.15, -0.1) is 0 Å². The highest BCUT2D eigenvalue weighted by molar-refractivity contribution is 7.91. The molecule has 2 rings (SSSR count). The van der Waals surface area contributed by atoms with Crippen LogP contribution in [-0.4, -0.2) is 43.0 Å². The summed E-state index contributed by atoms with van der Waals surface area (Å²) in [6.07, 6.45) is 0.601. The Balaban J connectivity index is 2.27. The molecule has 0 radical (unpaired) electrons. The van der Waals surface area contributed by atoms with Crippen molar-refractivity contribution in [2.75, 3.05) is 23.5 Å². The first-order chi connectivity index (χ1) is 8.41. The summed E-state index contributed by atoms with van der Waals surface area (Å²) in [7, 11) is -1.12. The Morgan fingerprint density at radius 1 is 1.50 bits per heavy atom. The van der Waals surface area contributed by atoms with Gasteiger partial charge in [0.1, 0.15) is 23.4 Å². The van der Waals surface area contributed by atoms with Crippen molar-refractivity contribution in [3.8, 4) is 6.07 Å². The van der Waals surface area contributed by atoms with Crippen LogP contribution in [0.5, 0.6) is 0 Å². The van der Waals surface area contributed by atoms with E-state index in [0.29, 0.717) is 23.8 Å². The van der Waals surface area contributed by atoms with Gasteiger partial charge < -0.3 is 4.90 Å². The summed E-state index contributed by atoms with van der Waals surface area (Å²) in [5, 5.41) is 8.86. The molecule has 96 valence electrons. The van der Waals surface area contributed by atoms with Crippen molar-refractivity contribution in [3.05, 3.63) is 17.6 Å². The van der Waals surface area contributed by atoms with Crippen LogP contribution in [0.15, 0.2) is 6.07 Å². The molecular formula is C11H14N4O2S. The molecule has 1 unspecified atom stereocenters. The first kappa shape index (κ1) is 12.8. The largest absolute Gasteiger partial charge is 0.355 e. The molecule has 1 aromatic heterocycles. The molecule has 1 fully saturated rings. The highest BCUT2D eigenvalue weighted by Crippen LogP contribution is 2.21. The van der Waals surface area contributed by atoms with E-state index in [0.717, 1.165) is 0 Å². The lowest BCUT2D eigenvalue weighted by molar-refractivity contribution is 0.600. The van der Waals surface area contributed by atoms with Crippen molar-refractivity contribution in [3.63, 3.8) is 0 Å². The maximum absolute atomic E-state index is 11.5. The molecule has 1 aliphatic rings. The number of anilines is 1. The van der Waals surface area contributed by atoms with Gasteiger partial charge in [-0.2, -0.15) is 5.26 Å². The average Bonchev–Trinajstić information content (AvgIpc) is 2.67. The van der Waals surface area contributed by atoms with Crippen molar-refractivity contribution in [1.82, 2.24) is 9.97 Å². The first-order valence-corrected chi connectivity index (χ1v) is 7.42. The van der Waals surface area contributed by atoms with Crippen molar-refractivity contribution >= 4 is 15.7 Å². The SMILES string of the molecule is Cc1nc(C#N)cc(N(C)C2CCS(=O)(=O)C2)n1. The molecule has 18 heavy (non-hydrogen) atoms. The van der Waals surface area contributed by atoms with Crippen LogP contribution in [0.3, 0.4) is 0 Å². The maximum atomic E-state index is 11.5. The van der Waals surface area contributed by atoms with Crippen molar-refractivity contribution in [2.24, 2.45) is 0 Å². The number of aryl methyl sites for hydroxylation is 1. The predicted octanol–water partition coefficient (Wildman–Crippen LogP) is 0.280. The molecule has 6 nitrogen and oxygen atoms in total. The van der Waals surface area contributed by atoms with Crippen LogP contribution < -0.4 is 4.90 Å². The van der Waals surface area contributed by atoms with Gasteiger partial charge in [0, 0.05) is 19.2 Å². The van der Waals surface area contributed by atoms with E-state index in [-0.39, 0.29) is 17.5 Å². The van der Waals surface area contributed by atoms with Gasteiger partial charge >= 0.3 is 0 Å². The molecule has 7 heteroatoms. The molecule has 0 spiro atoms. The van der Waals surface area contributed by atoms with Crippen molar-refractivity contribution in [1.29, 1.82) is 5.26 Å². The Morgan fingerprint density at radius 3 is 2.78 bits per heavy atom. The number of nitriles is 1. The van der Waals surface area contributed by atoms with Gasteiger partial charge in [-0.3, -0.25) is 0 Å². The Kier molecular flexibility index (Phi) is 3.22. The van der Waals surface area contributed by atoms with Crippen LogP contribution in [0.2, 0.25) is 0 Å². The van der Waals surface area contributed by atoms with Crippen molar-refractivity contribution in [2.45, 2.75) is 19.4 Å². The molecular weight excluding hydrogens is 252 g/mol. The number of hydrogen-bond donors (Lipinski definition) is 0. The highest BCUT2D eigenvalue weighted by atomic mass is 32.2. The lowest BCUT2D eigenvalue weighted by Gasteiger charge is -2.24. The zero-order valence-corrected chi connectivity index (χ0v) is 11.1. The minimum atomic E-state index is -2.92. The first-order valence-electron chi connectivity index (χ1n) is 5.60. The van der Waals surface area contributed by atoms with Crippen LogP contribution in [0, 0.1) is 18.3 Å². The summed E-state index contributed by atoms with van der Waals surface area (Å²) < 4.78 is 22.9. The fraction of sp³-hybridized carbons (Fsp3) is 0.545. The quantitative estimate of drug-likeness (QED) is 0.764. The fourth-order valence-electron chi connectivity index (χ4n) is 2.06. The van der Waals surface area contributed by atoms with Gasteiger partial charge in [-0.05, 0) is 13.3 Å². The predicted molar refractivity (Wildman–Crippen MR) is 66.9 cm³/mol. The van der Waals surface area contributed by atoms with E-state index in [4.69, 9.17) is 5.26 Å². The van der Waals surface area contributed by atoms with Gasteiger partial charge in [-0.1, -0.05) is 0 Å². The zero-order valence-electron chi connectivity index (χ0n) is 10.3. The third kappa shape index (κ3) is 2.59. The Labute approximate surface area is 106 Å². The van der Waals surface area contributed by atoms with Gasteiger partial charge in [0.15, 0.2) is 9.84 Å². The van der Waals surface area contributed by atoms with Gasteiger partial charge in [0.05, 0.1) is 11.5 Å². The topological polar surface area (TPSA) is 87.0 Å². The average molecular weight is 266 g/mol. The molecule has 1 atom stereocenters. The fourth-order valence-corrected chi connectivity index (χ4v) is 3.83. The van der Waals surface area contributed by atoms with Crippen LogP contribution >= 0.6 is 0 Å². The molecule has 1 aromatic rings. The van der Waals surface area contributed by atoms with E-state index in [1.54, 1.807) is 20.0 Å². The Bertz CT molecular complexity index is 606. The van der Waals surface area contributed by atoms with Crippen LogP contribution in [0.4, 0.5) is 5.82 Å². The second-order valence-corrected chi connectivity index (χ2v) is 6.67. The summed E-state index contributed by atoms with van der Waals surface area (Å²) in [4.78, 5) is 10.0. The number of rotatable bonds is 2. The summed E-state index contributed by atoms with van der Waals surface area (Å²) >= 11 is 0. The van der Waals surface area contributed by atoms with E-state index in [1.165, 1.54) is 0 Å². The molecule has 0 aliphatic carbocycles. The third-order valence-electron chi connectivity index (χ3n) is 3.06. The smallest absolute Gasteiger partial charge is 0.152 e. The summed E-state index contributed by atoms with van der Waals surface area (Å²) in [5.41, 5.74) is 0.296. The van der Waals surface area contributed by atoms with Gasteiger partial charge in [-0.25, -0.2) is 18.4 Å². The molecule has 0 saturated carbocycles. The number of nitrogens with zero attached hydrogens (tertiary/aromatic N) is 4. The molecule has 0 aromatic carbocycles. The van der Waals surface area contributed by atoms with E-state index in [1.807, 2.05) is 11.0 Å². The lowest BCUT2D eigenvalue weighted by atomic mass is 10.2. The number of sulfone groups is 1. The van der Waals surface area contributed by atoms with Crippen LogP contribution in [0.1, 0.15) is 17.9 Å². The van der Waals surface area contributed by atoms with Gasteiger partial charge in [0.2, 0.25) is 0 Å². The monoisotopic (exact) mass is 266 g/mol. The van der Waals surface area contributed by atoms with E-state index in [9.17, 15) is 8.42 Å². The molecule has 1 aliphatic heterocycles. The van der Waals surface area contributed by atoms with Crippen LogP contribution in [0.25, 0.3) is 0 Å². The molecule has 0 bridgehead atoms. The Morgan fingerprint density at radius 2 is 2.22 bits per heavy atom. The zero-order chi connectivity index (χ0) is 13.3. The minimum Gasteiger partial charge on any atom is -0.355 e. The standard InChI is InChI=1S/C11H14N4O2S/c1-8-13-9(6-12)5-11(14-8)15(2)10-3-4-18(16,17)7-10/h5,10H,3-4,7H2,1-2H3. The third-order valence-corrected chi connectivity index (χ3v) is 4.81.